The molecule has 1 atom stereocenters. The number of para-hydroxylation sites is 1. The fraction of sp³-hybridized carbons (Fsp3) is 0.286. The van der Waals surface area contributed by atoms with E-state index in [1.54, 1.807) is 17.2 Å². The fourth-order valence-corrected chi connectivity index (χ4v) is 3.58. The van der Waals surface area contributed by atoms with Crippen molar-refractivity contribution in [3.8, 4) is 0 Å². The van der Waals surface area contributed by atoms with Crippen molar-refractivity contribution < 1.29 is 14.0 Å². The van der Waals surface area contributed by atoms with E-state index in [1.165, 1.54) is 0 Å². The number of hydrogen-bond acceptors (Lipinski definition) is 6. The smallest absolute Gasteiger partial charge is 0.290 e. The lowest BCUT2D eigenvalue weighted by molar-refractivity contribution is -0.111. The first-order valence-electron chi connectivity index (χ1n) is 9.40. The number of anilines is 2. The summed E-state index contributed by atoms with van der Waals surface area (Å²) in [5, 5.41) is 4.16. The van der Waals surface area contributed by atoms with Gasteiger partial charge < -0.3 is 24.3 Å². The standard InChI is InChI=1S/C21H22N4O3/c1-2-22-17-7-5-9-23-20(17)24-10-11-25(16(13-24)14-26)21(27)19-12-15-6-3-4-8-18(15)28-19/h3-9,12,14,16,22H,2,10-11,13H2,1H3. The maximum atomic E-state index is 13.0. The molecule has 0 bridgehead atoms. The number of amides is 1. The van der Waals surface area contributed by atoms with Gasteiger partial charge in [0.15, 0.2) is 11.6 Å². The molecule has 1 N–H and O–H groups in total. The van der Waals surface area contributed by atoms with Crippen molar-refractivity contribution in [1.29, 1.82) is 0 Å². The number of fused-ring (bicyclic) bond motifs is 1. The van der Waals surface area contributed by atoms with Gasteiger partial charge in [-0.2, -0.15) is 0 Å². The lowest BCUT2D eigenvalue weighted by Gasteiger charge is -2.39. The quantitative estimate of drug-likeness (QED) is 0.688. The Bertz CT molecular complexity index is 967. The Morgan fingerprint density at radius 2 is 2.14 bits per heavy atom. The molecule has 7 nitrogen and oxygen atoms in total. The molecule has 3 heterocycles. The summed E-state index contributed by atoms with van der Waals surface area (Å²) in [5.74, 6) is 0.792. The Kier molecular flexibility index (Phi) is 4.97. The predicted molar refractivity (Wildman–Crippen MR) is 108 cm³/mol. The molecule has 1 unspecified atom stereocenters. The van der Waals surface area contributed by atoms with Crippen LogP contribution in [0.4, 0.5) is 11.5 Å². The van der Waals surface area contributed by atoms with E-state index >= 15 is 0 Å². The Labute approximate surface area is 162 Å². The highest BCUT2D eigenvalue weighted by atomic mass is 16.3. The lowest BCUT2D eigenvalue weighted by Crippen LogP contribution is -2.56. The molecule has 1 fully saturated rings. The zero-order valence-corrected chi connectivity index (χ0v) is 15.7. The molecule has 1 aromatic carbocycles. The minimum atomic E-state index is -0.564. The Balaban J connectivity index is 1.55. The van der Waals surface area contributed by atoms with Crippen molar-refractivity contribution in [2.24, 2.45) is 0 Å². The van der Waals surface area contributed by atoms with Gasteiger partial charge in [0.1, 0.15) is 17.9 Å². The minimum absolute atomic E-state index is 0.257. The average molecular weight is 378 g/mol. The SMILES string of the molecule is CCNc1cccnc1N1CCN(C(=O)c2cc3ccccc3o2)C(C=O)C1. The van der Waals surface area contributed by atoms with Gasteiger partial charge in [-0.3, -0.25) is 4.79 Å². The summed E-state index contributed by atoms with van der Waals surface area (Å²) in [4.78, 5) is 32.9. The number of aldehydes is 1. The van der Waals surface area contributed by atoms with Crippen LogP contribution in [0.1, 0.15) is 17.5 Å². The zero-order valence-electron chi connectivity index (χ0n) is 15.7. The van der Waals surface area contributed by atoms with Crippen LogP contribution in [-0.4, -0.2) is 54.3 Å². The van der Waals surface area contributed by atoms with E-state index in [1.807, 2.05) is 48.2 Å². The van der Waals surface area contributed by atoms with Gasteiger partial charge in [-0.1, -0.05) is 18.2 Å². The molecule has 1 amide bonds. The zero-order chi connectivity index (χ0) is 19.5. The van der Waals surface area contributed by atoms with E-state index in [0.717, 1.165) is 29.7 Å². The van der Waals surface area contributed by atoms with Gasteiger partial charge in [0.2, 0.25) is 0 Å². The number of aromatic nitrogens is 1. The number of furan rings is 1. The second-order valence-corrected chi connectivity index (χ2v) is 6.70. The molecule has 1 aliphatic rings. The number of nitrogens with zero attached hydrogens (tertiary/aromatic N) is 3. The van der Waals surface area contributed by atoms with E-state index in [9.17, 15) is 9.59 Å². The molecule has 0 aliphatic carbocycles. The van der Waals surface area contributed by atoms with Crippen LogP contribution in [0, 0.1) is 0 Å². The first-order chi connectivity index (χ1) is 13.7. The first kappa shape index (κ1) is 18.0. The van der Waals surface area contributed by atoms with Gasteiger partial charge in [-0.05, 0) is 31.2 Å². The Hall–Kier alpha value is -3.35. The highest BCUT2D eigenvalue weighted by Crippen LogP contribution is 2.26. The van der Waals surface area contributed by atoms with Crippen molar-refractivity contribution in [3.63, 3.8) is 0 Å². The highest BCUT2D eigenvalue weighted by molar-refractivity contribution is 5.97. The normalized spacial score (nSPS) is 17.0. The van der Waals surface area contributed by atoms with Crippen molar-refractivity contribution in [3.05, 3.63) is 54.4 Å². The highest BCUT2D eigenvalue weighted by Gasteiger charge is 2.33. The maximum Gasteiger partial charge on any atom is 0.290 e. The summed E-state index contributed by atoms with van der Waals surface area (Å²) in [6.45, 7) is 4.20. The summed E-state index contributed by atoms with van der Waals surface area (Å²) in [6, 6.07) is 12.5. The Morgan fingerprint density at radius 3 is 2.93 bits per heavy atom. The van der Waals surface area contributed by atoms with Crippen molar-refractivity contribution >= 4 is 34.7 Å². The van der Waals surface area contributed by atoms with Crippen molar-refractivity contribution in [2.75, 3.05) is 36.4 Å². The molecule has 144 valence electrons. The first-order valence-corrected chi connectivity index (χ1v) is 9.40. The van der Waals surface area contributed by atoms with Crippen LogP contribution in [0.5, 0.6) is 0 Å². The lowest BCUT2D eigenvalue weighted by atomic mass is 10.1. The van der Waals surface area contributed by atoms with Crippen LogP contribution in [-0.2, 0) is 4.79 Å². The van der Waals surface area contributed by atoms with Crippen LogP contribution < -0.4 is 10.2 Å². The molecule has 28 heavy (non-hydrogen) atoms. The molecule has 3 aromatic rings. The summed E-state index contributed by atoms with van der Waals surface area (Å²) in [6.07, 6.45) is 2.56. The third-order valence-corrected chi connectivity index (χ3v) is 4.93. The van der Waals surface area contributed by atoms with E-state index in [-0.39, 0.29) is 11.7 Å². The third kappa shape index (κ3) is 3.31. The third-order valence-electron chi connectivity index (χ3n) is 4.93. The van der Waals surface area contributed by atoms with Gasteiger partial charge in [0, 0.05) is 37.8 Å². The molecule has 0 saturated carbocycles. The van der Waals surface area contributed by atoms with Crippen LogP contribution in [0.3, 0.4) is 0 Å². The van der Waals surface area contributed by atoms with Gasteiger partial charge >= 0.3 is 0 Å². The van der Waals surface area contributed by atoms with Crippen LogP contribution in [0.2, 0.25) is 0 Å². The van der Waals surface area contributed by atoms with Crippen LogP contribution >= 0.6 is 0 Å². The van der Waals surface area contributed by atoms with E-state index in [0.29, 0.717) is 25.2 Å². The molecule has 7 heteroatoms. The number of hydrogen-bond donors (Lipinski definition) is 1. The summed E-state index contributed by atoms with van der Waals surface area (Å²) >= 11 is 0. The molecule has 0 spiro atoms. The molecular weight excluding hydrogens is 356 g/mol. The molecule has 1 saturated heterocycles. The topological polar surface area (TPSA) is 78.7 Å². The van der Waals surface area contributed by atoms with E-state index < -0.39 is 6.04 Å². The number of nitrogens with one attached hydrogen (secondary N) is 1. The molecular formula is C21H22N4O3. The summed E-state index contributed by atoms with van der Waals surface area (Å²) < 4.78 is 5.70. The fourth-order valence-electron chi connectivity index (χ4n) is 3.58. The van der Waals surface area contributed by atoms with Gasteiger partial charge in [-0.25, -0.2) is 4.98 Å². The number of rotatable bonds is 5. The second kappa shape index (κ2) is 7.72. The van der Waals surface area contributed by atoms with E-state index in [4.69, 9.17) is 4.42 Å². The number of carbonyl (C=O) groups is 2. The predicted octanol–water partition coefficient (Wildman–Crippen LogP) is 2.79. The van der Waals surface area contributed by atoms with Gasteiger partial charge in [-0.15, -0.1) is 0 Å². The summed E-state index contributed by atoms with van der Waals surface area (Å²) in [5.41, 5.74) is 1.59. The van der Waals surface area contributed by atoms with Crippen molar-refractivity contribution in [1.82, 2.24) is 9.88 Å². The van der Waals surface area contributed by atoms with Gasteiger partial charge in [0.25, 0.3) is 5.91 Å². The number of benzene rings is 1. The number of pyridine rings is 1. The van der Waals surface area contributed by atoms with Gasteiger partial charge in [0.05, 0.1) is 5.69 Å². The maximum absolute atomic E-state index is 13.0. The number of piperazine rings is 1. The molecule has 1 aliphatic heterocycles. The van der Waals surface area contributed by atoms with Crippen molar-refractivity contribution in [2.45, 2.75) is 13.0 Å². The largest absolute Gasteiger partial charge is 0.451 e. The summed E-state index contributed by atoms with van der Waals surface area (Å²) in [7, 11) is 0. The molecule has 4 rings (SSSR count). The molecule has 2 aromatic heterocycles. The Morgan fingerprint density at radius 1 is 1.29 bits per heavy atom. The van der Waals surface area contributed by atoms with Crippen LogP contribution in [0.15, 0.2) is 53.1 Å². The second-order valence-electron chi connectivity index (χ2n) is 6.70. The molecule has 0 radical (unpaired) electrons. The minimum Gasteiger partial charge on any atom is -0.451 e. The van der Waals surface area contributed by atoms with E-state index in [2.05, 4.69) is 10.3 Å². The average Bonchev–Trinajstić information content (AvgIpc) is 3.18. The van der Waals surface area contributed by atoms with Crippen LogP contribution in [0.25, 0.3) is 11.0 Å². The number of carbonyl (C=O) groups excluding carboxylic acids is 2. The monoisotopic (exact) mass is 378 g/mol.